The summed E-state index contributed by atoms with van der Waals surface area (Å²) in [6.07, 6.45) is 1.84. The van der Waals surface area contributed by atoms with Crippen LogP contribution in [0.5, 0.6) is 0 Å². The first-order chi connectivity index (χ1) is 11.6. The molecule has 3 heterocycles. The van der Waals surface area contributed by atoms with Crippen molar-refractivity contribution in [3.8, 4) is 0 Å². The van der Waals surface area contributed by atoms with Gasteiger partial charge in [-0.05, 0) is 37.5 Å². The van der Waals surface area contributed by atoms with Crippen LogP contribution >= 0.6 is 0 Å². The van der Waals surface area contributed by atoms with E-state index in [9.17, 15) is 4.79 Å². The second-order valence-corrected chi connectivity index (χ2v) is 6.52. The minimum absolute atomic E-state index is 0.0662. The van der Waals surface area contributed by atoms with Crippen molar-refractivity contribution in [2.75, 3.05) is 26.8 Å². The van der Waals surface area contributed by atoms with Crippen molar-refractivity contribution in [2.45, 2.75) is 39.8 Å². The zero-order valence-corrected chi connectivity index (χ0v) is 14.8. The van der Waals surface area contributed by atoms with Crippen LogP contribution in [0, 0.1) is 13.8 Å². The average Bonchev–Trinajstić information content (AvgIpc) is 2.75. The molecule has 0 radical (unpaired) electrons. The molecule has 0 aromatic carbocycles. The number of furan rings is 1. The van der Waals surface area contributed by atoms with Crippen LogP contribution in [0.3, 0.4) is 0 Å². The molecule has 0 amide bonds. The van der Waals surface area contributed by atoms with Gasteiger partial charge in [0.25, 0.3) is 5.56 Å². The molecule has 0 fully saturated rings. The van der Waals surface area contributed by atoms with Gasteiger partial charge in [0.15, 0.2) is 0 Å². The van der Waals surface area contributed by atoms with Crippen molar-refractivity contribution in [3.63, 3.8) is 0 Å². The minimum atomic E-state index is 0.0662. The van der Waals surface area contributed by atoms with Gasteiger partial charge >= 0.3 is 0 Å². The van der Waals surface area contributed by atoms with E-state index in [2.05, 4.69) is 17.9 Å². The Labute approximate surface area is 142 Å². The highest BCUT2D eigenvalue weighted by molar-refractivity contribution is 5.24. The Morgan fingerprint density at radius 3 is 2.71 bits per heavy atom. The number of aryl methyl sites for hydroxylation is 2. The van der Waals surface area contributed by atoms with Crippen LogP contribution in [-0.2, 0) is 30.7 Å². The molecule has 0 spiro atoms. The molecule has 1 aliphatic heterocycles. The Kier molecular flexibility index (Phi) is 5.21. The molecule has 0 atom stereocenters. The highest BCUT2D eigenvalue weighted by Crippen LogP contribution is 2.19. The molecule has 0 N–H and O–H groups in total. The molecule has 3 rings (SSSR count). The third kappa shape index (κ3) is 3.62. The Morgan fingerprint density at radius 1 is 1.21 bits per heavy atom. The van der Waals surface area contributed by atoms with Gasteiger partial charge in [0.2, 0.25) is 0 Å². The van der Waals surface area contributed by atoms with E-state index in [4.69, 9.17) is 9.15 Å². The van der Waals surface area contributed by atoms with E-state index in [1.54, 1.807) is 13.2 Å². The highest BCUT2D eigenvalue weighted by Gasteiger charge is 2.18. The lowest BCUT2D eigenvalue weighted by Gasteiger charge is -2.18. The molecule has 1 aliphatic rings. The maximum atomic E-state index is 12.2. The summed E-state index contributed by atoms with van der Waals surface area (Å²) in [7, 11) is 1.67. The Hall–Kier alpha value is -1.85. The van der Waals surface area contributed by atoms with Gasteiger partial charge in [-0.15, -0.1) is 0 Å². The van der Waals surface area contributed by atoms with Crippen molar-refractivity contribution in [1.29, 1.82) is 0 Å². The molecule has 5 heteroatoms. The fourth-order valence-electron chi connectivity index (χ4n) is 3.38. The zero-order valence-electron chi connectivity index (χ0n) is 14.8. The van der Waals surface area contributed by atoms with Gasteiger partial charge in [-0.3, -0.25) is 9.69 Å². The Balaban J connectivity index is 1.75. The van der Waals surface area contributed by atoms with Gasteiger partial charge in [0.05, 0.1) is 13.2 Å². The van der Waals surface area contributed by atoms with E-state index >= 15 is 0 Å². The van der Waals surface area contributed by atoms with E-state index < -0.39 is 0 Å². The first-order valence-electron chi connectivity index (χ1n) is 8.57. The molecular formula is C19H26N2O3. The van der Waals surface area contributed by atoms with E-state index in [-0.39, 0.29) is 5.56 Å². The maximum Gasteiger partial charge on any atom is 0.250 e. The van der Waals surface area contributed by atoms with E-state index in [0.29, 0.717) is 13.2 Å². The van der Waals surface area contributed by atoms with E-state index in [1.165, 1.54) is 11.1 Å². The topological polar surface area (TPSA) is 47.6 Å². The van der Waals surface area contributed by atoms with Gasteiger partial charge in [0, 0.05) is 44.9 Å². The lowest BCUT2D eigenvalue weighted by Crippen LogP contribution is -2.27. The molecule has 2 aromatic heterocycles. The fraction of sp³-hybridized carbons (Fsp3) is 0.526. The van der Waals surface area contributed by atoms with Gasteiger partial charge < -0.3 is 13.7 Å². The summed E-state index contributed by atoms with van der Waals surface area (Å²) in [6.45, 7) is 8.00. The number of aromatic nitrogens is 1. The summed E-state index contributed by atoms with van der Waals surface area (Å²) in [6, 6.07) is 5.80. The number of fused-ring (bicyclic) bond motifs is 1. The fourth-order valence-corrected chi connectivity index (χ4v) is 3.38. The zero-order chi connectivity index (χ0) is 17.1. The predicted molar refractivity (Wildman–Crippen MR) is 93.4 cm³/mol. The van der Waals surface area contributed by atoms with Crippen LogP contribution in [0.2, 0.25) is 0 Å². The number of nitrogens with zero attached hydrogens (tertiary/aromatic N) is 2. The molecule has 0 saturated heterocycles. The molecule has 2 aromatic rings. The predicted octanol–water partition coefficient (Wildman–Crippen LogP) is 2.31. The first kappa shape index (κ1) is 17.0. The number of hydrogen-bond donors (Lipinski definition) is 0. The van der Waals surface area contributed by atoms with Crippen molar-refractivity contribution < 1.29 is 9.15 Å². The normalized spacial score (nSPS) is 15.3. The molecule has 24 heavy (non-hydrogen) atoms. The van der Waals surface area contributed by atoms with Crippen LogP contribution < -0.4 is 5.56 Å². The Bertz CT molecular complexity index is 741. The third-order valence-electron chi connectivity index (χ3n) is 4.87. The minimum Gasteiger partial charge on any atom is -0.465 e. The summed E-state index contributed by atoms with van der Waals surface area (Å²) in [5.41, 5.74) is 3.71. The molecule has 5 nitrogen and oxygen atoms in total. The van der Waals surface area contributed by atoms with E-state index in [0.717, 1.165) is 49.7 Å². The number of ether oxygens (including phenoxy) is 1. The summed E-state index contributed by atoms with van der Waals surface area (Å²) < 4.78 is 12.9. The second-order valence-electron chi connectivity index (χ2n) is 6.52. The molecule has 130 valence electrons. The SMILES string of the molecule is COCCn1c2c(ccc1=O)CCN(Cc1cc(C)c(C)o1)CC2. The van der Waals surface area contributed by atoms with Crippen LogP contribution in [0.15, 0.2) is 27.4 Å². The lowest BCUT2D eigenvalue weighted by molar-refractivity contribution is 0.185. The summed E-state index contributed by atoms with van der Waals surface area (Å²) in [5.74, 6) is 2.02. The quantitative estimate of drug-likeness (QED) is 0.844. The van der Waals surface area contributed by atoms with Crippen molar-refractivity contribution >= 4 is 0 Å². The van der Waals surface area contributed by atoms with Gasteiger partial charge in [-0.1, -0.05) is 6.07 Å². The number of rotatable bonds is 5. The van der Waals surface area contributed by atoms with Crippen molar-refractivity contribution in [3.05, 3.63) is 56.9 Å². The average molecular weight is 330 g/mol. The van der Waals surface area contributed by atoms with Gasteiger partial charge in [-0.25, -0.2) is 0 Å². The van der Waals surface area contributed by atoms with Gasteiger partial charge in [-0.2, -0.15) is 0 Å². The molecule has 0 saturated carbocycles. The second kappa shape index (κ2) is 7.36. The standard InChI is InChI=1S/C19H26N2O3/c1-14-12-17(24-15(14)2)13-20-8-6-16-4-5-19(22)21(10-11-23-3)18(16)7-9-20/h4-5,12H,6-11,13H2,1-3H3. The number of pyridine rings is 1. The van der Waals surface area contributed by atoms with Crippen LogP contribution in [0.1, 0.15) is 28.3 Å². The summed E-state index contributed by atoms with van der Waals surface area (Å²) in [5, 5.41) is 0. The summed E-state index contributed by atoms with van der Waals surface area (Å²) in [4.78, 5) is 14.6. The smallest absolute Gasteiger partial charge is 0.250 e. The van der Waals surface area contributed by atoms with Crippen LogP contribution in [0.25, 0.3) is 0 Å². The Morgan fingerprint density at radius 2 is 2.00 bits per heavy atom. The van der Waals surface area contributed by atoms with E-state index in [1.807, 2.05) is 17.6 Å². The summed E-state index contributed by atoms with van der Waals surface area (Å²) >= 11 is 0. The van der Waals surface area contributed by atoms with Crippen molar-refractivity contribution in [1.82, 2.24) is 9.47 Å². The number of methoxy groups -OCH3 is 1. The van der Waals surface area contributed by atoms with Crippen molar-refractivity contribution in [2.24, 2.45) is 0 Å². The van der Waals surface area contributed by atoms with Crippen LogP contribution in [0.4, 0.5) is 0 Å². The lowest BCUT2D eigenvalue weighted by atomic mass is 10.1. The molecular weight excluding hydrogens is 304 g/mol. The van der Waals surface area contributed by atoms with Gasteiger partial charge in [0.1, 0.15) is 11.5 Å². The third-order valence-corrected chi connectivity index (χ3v) is 4.87. The molecule has 0 aliphatic carbocycles. The highest BCUT2D eigenvalue weighted by atomic mass is 16.5. The number of hydrogen-bond acceptors (Lipinski definition) is 4. The molecule has 0 bridgehead atoms. The monoisotopic (exact) mass is 330 g/mol. The molecule has 0 unspecified atom stereocenters. The largest absolute Gasteiger partial charge is 0.465 e. The first-order valence-corrected chi connectivity index (χ1v) is 8.57. The maximum absolute atomic E-state index is 12.2. The van der Waals surface area contributed by atoms with Crippen LogP contribution in [-0.4, -0.2) is 36.3 Å².